The lowest BCUT2D eigenvalue weighted by Crippen LogP contribution is -2.46. The van der Waals surface area contributed by atoms with Crippen LogP contribution in [-0.4, -0.2) is 61.1 Å². The number of imidazole rings is 1. The summed E-state index contributed by atoms with van der Waals surface area (Å²) in [5, 5.41) is 0. The van der Waals surface area contributed by atoms with Gasteiger partial charge in [-0.15, -0.1) is 0 Å². The van der Waals surface area contributed by atoms with Crippen LogP contribution in [0.25, 0.3) is 22.6 Å². The number of aromatic nitrogens is 6. The quantitative estimate of drug-likeness (QED) is 0.451. The normalized spacial score (nSPS) is 21.8. The molecule has 8 nitrogen and oxygen atoms in total. The second-order valence-electron chi connectivity index (χ2n) is 9.21. The summed E-state index contributed by atoms with van der Waals surface area (Å²) in [6.45, 7) is 5.87. The van der Waals surface area contributed by atoms with Crippen LogP contribution in [0, 0.1) is 18.7 Å². The van der Waals surface area contributed by atoms with Crippen molar-refractivity contribution in [2.75, 3.05) is 26.7 Å². The average molecular weight is 460 g/mol. The standard InChI is InChI=1S/C25H26FN7O/c1-15-22-24(31-25(29-15)34-2)33(23(30-22)18-9-19(26)12-27-10-18)13-20-4-3-17(11-28-20)21-14-32-7-5-16(21)6-8-32/h3-4,9-12,16,21H,5-8,13-14H2,1-2H3. The number of fused-ring (bicyclic) bond motifs is 4. The van der Waals surface area contributed by atoms with Gasteiger partial charge in [0.1, 0.15) is 17.2 Å². The number of nitrogens with zero attached hydrogens (tertiary/aromatic N) is 7. The lowest BCUT2D eigenvalue weighted by atomic mass is 9.76. The van der Waals surface area contributed by atoms with Crippen molar-refractivity contribution in [3.05, 3.63) is 59.6 Å². The van der Waals surface area contributed by atoms with Crippen molar-refractivity contribution >= 4 is 11.2 Å². The van der Waals surface area contributed by atoms with E-state index in [2.05, 4.69) is 32.0 Å². The number of halogens is 1. The van der Waals surface area contributed by atoms with Gasteiger partial charge in [-0.1, -0.05) is 6.07 Å². The second kappa shape index (κ2) is 8.39. The molecular weight excluding hydrogens is 433 g/mol. The first kappa shape index (κ1) is 21.1. The number of ether oxygens (including phenoxy) is 1. The first-order valence-electron chi connectivity index (χ1n) is 11.7. The van der Waals surface area contributed by atoms with Crippen LogP contribution in [0.15, 0.2) is 36.8 Å². The van der Waals surface area contributed by atoms with E-state index in [0.717, 1.165) is 18.2 Å². The van der Waals surface area contributed by atoms with Crippen molar-refractivity contribution in [1.82, 2.24) is 34.4 Å². The third-order valence-electron chi connectivity index (χ3n) is 7.15. The predicted octanol–water partition coefficient (Wildman–Crippen LogP) is 3.60. The van der Waals surface area contributed by atoms with Crippen molar-refractivity contribution in [1.29, 1.82) is 0 Å². The number of pyridine rings is 2. The molecule has 0 radical (unpaired) electrons. The highest BCUT2D eigenvalue weighted by atomic mass is 19.1. The Balaban J connectivity index is 1.39. The van der Waals surface area contributed by atoms with Gasteiger partial charge in [0.15, 0.2) is 5.65 Å². The van der Waals surface area contributed by atoms with Gasteiger partial charge in [-0.05, 0) is 56.5 Å². The minimum atomic E-state index is -0.420. The molecule has 0 amide bonds. The van der Waals surface area contributed by atoms with Gasteiger partial charge in [-0.3, -0.25) is 9.97 Å². The molecule has 3 saturated heterocycles. The lowest BCUT2D eigenvalue weighted by molar-refractivity contribution is 0.0869. The monoisotopic (exact) mass is 459 g/mol. The average Bonchev–Trinajstić information content (AvgIpc) is 3.24. The van der Waals surface area contributed by atoms with Crippen LogP contribution in [0.4, 0.5) is 4.39 Å². The molecule has 1 atom stereocenters. The SMILES string of the molecule is COc1nc(C)c2nc(-c3cncc(F)c3)n(Cc3ccc(C4CN5CCC4CC5)cn3)c2n1. The molecule has 4 aromatic heterocycles. The Labute approximate surface area is 196 Å². The molecule has 0 saturated carbocycles. The van der Waals surface area contributed by atoms with E-state index < -0.39 is 5.82 Å². The van der Waals surface area contributed by atoms with Crippen molar-refractivity contribution < 1.29 is 9.13 Å². The minimum absolute atomic E-state index is 0.265. The molecule has 9 heteroatoms. The van der Waals surface area contributed by atoms with E-state index in [1.54, 1.807) is 6.20 Å². The molecule has 3 aliphatic heterocycles. The fourth-order valence-corrected chi connectivity index (χ4v) is 5.36. The predicted molar refractivity (Wildman–Crippen MR) is 125 cm³/mol. The van der Waals surface area contributed by atoms with E-state index in [9.17, 15) is 4.39 Å². The van der Waals surface area contributed by atoms with Gasteiger partial charge in [0.05, 0.1) is 31.2 Å². The van der Waals surface area contributed by atoms with Crippen LogP contribution in [-0.2, 0) is 6.54 Å². The summed E-state index contributed by atoms with van der Waals surface area (Å²) in [6, 6.07) is 5.98. The lowest BCUT2D eigenvalue weighted by Gasteiger charge is -2.45. The van der Waals surface area contributed by atoms with Crippen molar-refractivity contribution in [2.24, 2.45) is 5.92 Å². The van der Waals surface area contributed by atoms with E-state index in [-0.39, 0.29) is 6.01 Å². The van der Waals surface area contributed by atoms with E-state index >= 15 is 0 Å². The summed E-state index contributed by atoms with van der Waals surface area (Å²) in [4.78, 5) is 25.0. The number of piperidine rings is 3. The highest BCUT2D eigenvalue weighted by Crippen LogP contribution is 2.38. The number of hydrogen-bond acceptors (Lipinski definition) is 7. The van der Waals surface area contributed by atoms with E-state index in [1.807, 2.05) is 17.7 Å². The van der Waals surface area contributed by atoms with Gasteiger partial charge in [-0.25, -0.2) is 9.37 Å². The Hall–Kier alpha value is -3.46. The molecule has 0 aromatic carbocycles. The highest BCUT2D eigenvalue weighted by molar-refractivity contribution is 5.79. The Morgan fingerprint density at radius 2 is 1.94 bits per heavy atom. The third-order valence-corrected chi connectivity index (χ3v) is 7.15. The summed E-state index contributed by atoms with van der Waals surface area (Å²) in [7, 11) is 1.54. The van der Waals surface area contributed by atoms with Crippen LogP contribution in [0.1, 0.15) is 35.7 Å². The largest absolute Gasteiger partial charge is 0.467 e. The van der Waals surface area contributed by atoms with E-state index in [4.69, 9.17) is 14.7 Å². The summed E-state index contributed by atoms with van der Waals surface area (Å²) >= 11 is 0. The Bertz CT molecular complexity index is 1350. The van der Waals surface area contributed by atoms with Crippen LogP contribution >= 0.6 is 0 Å². The van der Waals surface area contributed by atoms with Crippen LogP contribution in [0.2, 0.25) is 0 Å². The van der Waals surface area contributed by atoms with Crippen LogP contribution in [0.5, 0.6) is 6.01 Å². The molecule has 7 rings (SSSR count). The number of rotatable bonds is 5. The third kappa shape index (κ3) is 3.69. The minimum Gasteiger partial charge on any atom is -0.467 e. The molecule has 4 aromatic rings. The summed E-state index contributed by atoms with van der Waals surface area (Å²) in [5.41, 5.74) is 4.71. The molecule has 3 aliphatic rings. The Kier molecular flexibility index (Phi) is 5.21. The molecule has 0 N–H and O–H groups in total. The van der Waals surface area contributed by atoms with Gasteiger partial charge in [-0.2, -0.15) is 9.97 Å². The summed E-state index contributed by atoms with van der Waals surface area (Å²) < 4.78 is 21.2. The molecule has 2 bridgehead atoms. The van der Waals surface area contributed by atoms with Gasteiger partial charge in [0, 0.05) is 30.4 Å². The molecular formula is C25H26FN7O. The smallest absolute Gasteiger partial charge is 0.318 e. The first-order valence-corrected chi connectivity index (χ1v) is 11.7. The molecule has 34 heavy (non-hydrogen) atoms. The zero-order valence-corrected chi connectivity index (χ0v) is 19.3. The molecule has 0 aliphatic carbocycles. The van der Waals surface area contributed by atoms with Gasteiger partial charge in [0.2, 0.25) is 0 Å². The van der Waals surface area contributed by atoms with E-state index in [1.165, 1.54) is 50.9 Å². The molecule has 7 heterocycles. The molecule has 3 fully saturated rings. The Morgan fingerprint density at radius 3 is 2.62 bits per heavy atom. The van der Waals surface area contributed by atoms with Crippen molar-refractivity contribution in [2.45, 2.75) is 32.2 Å². The molecule has 174 valence electrons. The zero-order chi connectivity index (χ0) is 23.2. The van der Waals surface area contributed by atoms with Crippen molar-refractivity contribution in [3.8, 4) is 17.4 Å². The number of aryl methyl sites for hydroxylation is 1. The van der Waals surface area contributed by atoms with Crippen LogP contribution < -0.4 is 4.74 Å². The number of hydrogen-bond donors (Lipinski definition) is 0. The zero-order valence-electron chi connectivity index (χ0n) is 19.3. The molecule has 0 spiro atoms. The highest BCUT2D eigenvalue weighted by Gasteiger charge is 2.35. The summed E-state index contributed by atoms with van der Waals surface area (Å²) in [5.74, 6) is 1.47. The number of methoxy groups -OCH3 is 1. The molecule has 1 unspecified atom stereocenters. The maximum absolute atomic E-state index is 14.0. The van der Waals surface area contributed by atoms with Gasteiger partial charge in [0.25, 0.3) is 0 Å². The fourth-order valence-electron chi connectivity index (χ4n) is 5.36. The van der Waals surface area contributed by atoms with Crippen molar-refractivity contribution in [3.63, 3.8) is 0 Å². The van der Waals surface area contributed by atoms with Crippen LogP contribution in [0.3, 0.4) is 0 Å². The fraction of sp³-hybridized carbons (Fsp3) is 0.400. The second-order valence-corrected chi connectivity index (χ2v) is 9.21. The van der Waals surface area contributed by atoms with E-state index in [0.29, 0.717) is 40.7 Å². The Morgan fingerprint density at radius 1 is 1.09 bits per heavy atom. The maximum Gasteiger partial charge on any atom is 0.318 e. The first-order chi connectivity index (χ1) is 16.6. The van der Waals surface area contributed by atoms with Gasteiger partial charge < -0.3 is 14.2 Å². The van der Waals surface area contributed by atoms with Gasteiger partial charge >= 0.3 is 6.01 Å². The topological polar surface area (TPSA) is 81.9 Å². The maximum atomic E-state index is 14.0. The summed E-state index contributed by atoms with van der Waals surface area (Å²) in [6.07, 6.45) is 7.36.